The Hall–Kier alpha value is -3.92. The quantitative estimate of drug-likeness (QED) is 0.477. The van der Waals surface area contributed by atoms with Crippen LogP contribution in [0.15, 0.2) is 67.0 Å². The predicted octanol–water partition coefficient (Wildman–Crippen LogP) is 2.81. The van der Waals surface area contributed by atoms with Crippen molar-refractivity contribution >= 4 is 28.3 Å². The van der Waals surface area contributed by atoms with Crippen LogP contribution in [0.25, 0.3) is 10.4 Å². The van der Waals surface area contributed by atoms with Crippen molar-refractivity contribution in [2.24, 2.45) is 0 Å². The van der Waals surface area contributed by atoms with Crippen molar-refractivity contribution in [3.8, 4) is 10.4 Å². The fraction of sp³-hybridized carbons (Fsp3) is 0.100. The van der Waals surface area contributed by atoms with Gasteiger partial charge in [0.15, 0.2) is 16.9 Å². The van der Waals surface area contributed by atoms with Crippen LogP contribution >= 0.6 is 11.3 Å². The van der Waals surface area contributed by atoms with E-state index in [1.165, 1.54) is 29.5 Å². The Morgan fingerprint density at radius 2 is 1.77 bits per heavy atom. The highest BCUT2D eigenvalue weighted by molar-refractivity contribution is 7.19. The molecule has 2 aromatic heterocycles. The zero-order valence-corrected chi connectivity index (χ0v) is 16.6. The normalized spacial score (nSPS) is 11.6. The smallest absolute Gasteiger partial charge is 0.358 e. The molecule has 4 rings (SSSR count). The molecule has 0 fully saturated rings. The van der Waals surface area contributed by atoms with E-state index in [0.29, 0.717) is 10.4 Å². The molecule has 1 amide bonds. The molecular weight excluding hydrogens is 404 g/mol. The van der Waals surface area contributed by atoms with Crippen molar-refractivity contribution in [2.75, 3.05) is 12.4 Å². The number of ether oxygens (including phenoxy) is 1. The molecule has 2 aromatic carbocycles. The van der Waals surface area contributed by atoms with Gasteiger partial charge in [-0.2, -0.15) is 0 Å². The van der Waals surface area contributed by atoms with Crippen LogP contribution in [0.3, 0.4) is 0 Å². The average Bonchev–Trinajstić information content (AvgIpc) is 3.45. The van der Waals surface area contributed by atoms with Gasteiger partial charge in [-0.25, -0.2) is 14.5 Å². The van der Waals surface area contributed by atoms with E-state index in [-0.39, 0.29) is 10.8 Å². The van der Waals surface area contributed by atoms with E-state index in [4.69, 9.17) is 4.74 Å². The average molecular weight is 420 g/mol. The van der Waals surface area contributed by atoms with Gasteiger partial charge < -0.3 is 4.74 Å². The Kier molecular flexibility index (Phi) is 5.57. The van der Waals surface area contributed by atoms with Crippen LogP contribution in [-0.4, -0.2) is 44.2 Å². The van der Waals surface area contributed by atoms with Crippen molar-refractivity contribution in [3.05, 3.63) is 78.2 Å². The monoisotopic (exact) mass is 420 g/mol. The highest BCUT2D eigenvalue weighted by atomic mass is 32.1. The molecule has 1 atom stereocenters. The van der Waals surface area contributed by atoms with Crippen LogP contribution in [-0.2, 0) is 9.53 Å². The van der Waals surface area contributed by atoms with Crippen molar-refractivity contribution in [1.29, 1.82) is 0 Å². The summed E-state index contributed by atoms with van der Waals surface area (Å²) in [7, 11) is 1.29. The first-order valence-electron chi connectivity index (χ1n) is 8.90. The van der Waals surface area contributed by atoms with E-state index in [1.807, 2.05) is 60.7 Å². The molecule has 30 heavy (non-hydrogen) atoms. The lowest BCUT2D eigenvalue weighted by Gasteiger charge is -2.15. The van der Waals surface area contributed by atoms with Gasteiger partial charge in [0, 0.05) is 0 Å². The molecule has 0 radical (unpaired) electrons. The number of tetrazole rings is 1. The third kappa shape index (κ3) is 3.94. The molecule has 2 heterocycles. The van der Waals surface area contributed by atoms with Crippen molar-refractivity contribution in [1.82, 2.24) is 25.2 Å². The topological polar surface area (TPSA) is 112 Å². The fourth-order valence-corrected chi connectivity index (χ4v) is 3.88. The highest BCUT2D eigenvalue weighted by Gasteiger charge is 2.27. The number of anilines is 1. The van der Waals surface area contributed by atoms with Gasteiger partial charge in [0.25, 0.3) is 5.91 Å². The number of aromatic nitrogens is 5. The molecule has 0 saturated carbocycles. The minimum atomic E-state index is -0.799. The van der Waals surface area contributed by atoms with Gasteiger partial charge in [-0.3, -0.25) is 10.1 Å². The van der Waals surface area contributed by atoms with Crippen molar-refractivity contribution in [3.63, 3.8) is 0 Å². The number of esters is 1. The Morgan fingerprint density at radius 3 is 2.40 bits per heavy atom. The zero-order chi connectivity index (χ0) is 20.9. The van der Waals surface area contributed by atoms with E-state index in [2.05, 4.69) is 25.8 Å². The number of hydrogen-bond donors (Lipinski definition) is 1. The fourth-order valence-electron chi connectivity index (χ4n) is 2.91. The number of thiazole rings is 1. The molecule has 0 saturated heterocycles. The molecule has 0 aliphatic carbocycles. The number of nitrogens with one attached hydrogen (secondary N) is 1. The van der Waals surface area contributed by atoms with Gasteiger partial charge in [0.1, 0.15) is 6.33 Å². The molecule has 0 aliphatic rings. The Morgan fingerprint density at radius 1 is 1.07 bits per heavy atom. The van der Waals surface area contributed by atoms with Crippen LogP contribution in [0, 0.1) is 0 Å². The maximum atomic E-state index is 13.1. The Labute approximate surface area is 175 Å². The largest absolute Gasteiger partial charge is 0.464 e. The summed E-state index contributed by atoms with van der Waals surface area (Å²) < 4.78 is 6.21. The highest BCUT2D eigenvalue weighted by Crippen LogP contribution is 2.34. The molecule has 1 N–H and O–H groups in total. The van der Waals surface area contributed by atoms with Gasteiger partial charge in [0.05, 0.1) is 12.0 Å². The molecule has 1 unspecified atom stereocenters. The minimum absolute atomic E-state index is 0.141. The van der Waals surface area contributed by atoms with Crippen molar-refractivity contribution in [2.45, 2.75) is 6.04 Å². The molecule has 4 aromatic rings. The third-order valence-electron chi connectivity index (χ3n) is 4.27. The van der Waals surface area contributed by atoms with E-state index in [9.17, 15) is 9.59 Å². The number of carbonyl (C=O) groups is 2. The minimum Gasteiger partial charge on any atom is -0.464 e. The Bertz CT molecular complexity index is 1150. The third-order valence-corrected chi connectivity index (χ3v) is 5.28. The van der Waals surface area contributed by atoms with Crippen LogP contribution in [0.4, 0.5) is 5.13 Å². The summed E-state index contributed by atoms with van der Waals surface area (Å²) in [6.45, 7) is 0. The van der Waals surface area contributed by atoms with Gasteiger partial charge >= 0.3 is 5.97 Å². The number of rotatable bonds is 6. The summed E-state index contributed by atoms with van der Waals surface area (Å²) >= 11 is 1.19. The van der Waals surface area contributed by atoms with E-state index >= 15 is 0 Å². The van der Waals surface area contributed by atoms with Crippen LogP contribution in [0.2, 0.25) is 0 Å². The molecule has 10 heteroatoms. The summed E-state index contributed by atoms with van der Waals surface area (Å²) in [4.78, 5) is 30.3. The first kappa shape index (κ1) is 19.4. The number of hydrogen-bond acceptors (Lipinski definition) is 8. The standard InChI is InChI=1S/C20H16N6O3S/c1-29-19(28)15-17(14-10-6-3-7-11-14)30-20(22-15)23-18(27)16(26-12-21-24-25-26)13-8-4-2-5-9-13/h2-12,16H,1H3,(H,22,23,27). The summed E-state index contributed by atoms with van der Waals surface area (Å²) in [5, 5.41) is 14.2. The number of benzene rings is 2. The van der Waals surface area contributed by atoms with Crippen LogP contribution in [0.5, 0.6) is 0 Å². The van der Waals surface area contributed by atoms with Gasteiger partial charge in [-0.15, -0.1) is 5.10 Å². The van der Waals surface area contributed by atoms with E-state index in [0.717, 1.165) is 5.56 Å². The molecule has 150 valence electrons. The first-order valence-corrected chi connectivity index (χ1v) is 9.72. The molecule has 0 bridgehead atoms. The first-order chi connectivity index (χ1) is 14.7. The summed E-state index contributed by atoms with van der Waals surface area (Å²) in [5.41, 5.74) is 1.65. The number of nitrogens with zero attached hydrogens (tertiary/aromatic N) is 5. The van der Waals surface area contributed by atoms with Gasteiger partial charge in [-0.05, 0) is 21.6 Å². The maximum Gasteiger partial charge on any atom is 0.358 e. The number of amides is 1. The van der Waals surface area contributed by atoms with Gasteiger partial charge in [0.2, 0.25) is 0 Å². The number of carbonyl (C=O) groups excluding carboxylic acids is 2. The summed E-state index contributed by atoms with van der Waals surface area (Å²) in [6, 6.07) is 17.6. The summed E-state index contributed by atoms with van der Waals surface area (Å²) in [5.74, 6) is -0.969. The molecular formula is C20H16N6O3S. The maximum absolute atomic E-state index is 13.1. The lowest BCUT2D eigenvalue weighted by Crippen LogP contribution is -2.27. The Balaban J connectivity index is 1.68. The summed E-state index contributed by atoms with van der Waals surface area (Å²) in [6.07, 6.45) is 1.37. The van der Waals surface area contributed by atoms with Crippen LogP contribution < -0.4 is 5.32 Å². The molecule has 9 nitrogen and oxygen atoms in total. The second kappa shape index (κ2) is 8.62. The lowest BCUT2D eigenvalue weighted by atomic mass is 10.1. The van der Waals surface area contributed by atoms with Gasteiger partial charge in [-0.1, -0.05) is 72.0 Å². The molecule has 0 spiro atoms. The second-order valence-electron chi connectivity index (χ2n) is 6.15. The van der Waals surface area contributed by atoms with Crippen molar-refractivity contribution < 1.29 is 14.3 Å². The SMILES string of the molecule is COC(=O)c1nc(NC(=O)C(c2ccccc2)n2cnnn2)sc1-c1ccccc1. The van der Waals surface area contributed by atoms with E-state index in [1.54, 1.807) is 0 Å². The van der Waals surface area contributed by atoms with E-state index < -0.39 is 17.9 Å². The second-order valence-corrected chi connectivity index (χ2v) is 7.15. The zero-order valence-electron chi connectivity index (χ0n) is 15.8. The predicted molar refractivity (Wildman–Crippen MR) is 110 cm³/mol. The molecule has 0 aliphatic heterocycles. The number of methoxy groups -OCH3 is 1. The lowest BCUT2D eigenvalue weighted by molar-refractivity contribution is -0.118. The van der Waals surface area contributed by atoms with Crippen LogP contribution in [0.1, 0.15) is 22.1 Å².